The minimum absolute atomic E-state index is 0.0895. The topological polar surface area (TPSA) is 123 Å². The maximum Gasteiger partial charge on any atom is 0.335 e. The van der Waals surface area contributed by atoms with Crippen LogP contribution in [0.4, 0.5) is 11.4 Å². The van der Waals surface area contributed by atoms with E-state index in [1.165, 1.54) is 12.1 Å². The van der Waals surface area contributed by atoms with Crippen LogP contribution in [0.3, 0.4) is 0 Å². The smallest absolute Gasteiger partial charge is 0.335 e. The number of carboxylic acids is 1. The monoisotopic (exact) mass is 541 g/mol. The van der Waals surface area contributed by atoms with E-state index in [1.807, 2.05) is 30.3 Å². The molecule has 1 fully saturated rings. The lowest BCUT2D eigenvalue weighted by Gasteiger charge is -2.32. The summed E-state index contributed by atoms with van der Waals surface area (Å²) in [6.07, 6.45) is 0. The predicted octanol–water partition coefficient (Wildman–Crippen LogP) is 3.23. The van der Waals surface area contributed by atoms with Crippen LogP contribution < -0.4 is 16.1 Å². The molecule has 0 radical (unpaired) electrons. The molecular weight excluding hydrogens is 510 g/mol. The van der Waals surface area contributed by atoms with Crippen LogP contribution in [0.25, 0.3) is 11.3 Å². The number of fused-ring (bicyclic) bond motifs is 1. The second-order valence-corrected chi connectivity index (χ2v) is 9.76. The number of nitrogens with one attached hydrogen (secondary N) is 3. The van der Waals surface area contributed by atoms with Crippen LogP contribution in [0.2, 0.25) is 0 Å². The Morgan fingerprint density at radius 2 is 1.62 bits per heavy atom. The van der Waals surface area contributed by atoms with Gasteiger partial charge in [0, 0.05) is 49.5 Å². The molecule has 5 rings (SSSR count). The van der Waals surface area contributed by atoms with Gasteiger partial charge < -0.3 is 20.6 Å². The highest BCUT2D eigenvalue weighted by molar-refractivity contribution is 6.37. The van der Waals surface area contributed by atoms with Gasteiger partial charge in [-0.15, -0.1) is 0 Å². The summed E-state index contributed by atoms with van der Waals surface area (Å²) < 4.78 is 0. The fourth-order valence-electron chi connectivity index (χ4n) is 4.71. The lowest BCUT2D eigenvalue weighted by Crippen LogP contribution is -2.45. The Morgan fingerprint density at radius 1 is 0.925 bits per heavy atom. The average Bonchev–Trinajstić information content (AvgIpc) is 3.30. The van der Waals surface area contributed by atoms with Gasteiger partial charge in [0.05, 0.1) is 29.1 Å². The Hall–Kier alpha value is -4.51. The number of likely N-dealkylation sites (N-methyl/N-ethyl adjacent to an activating group) is 1. The van der Waals surface area contributed by atoms with Crippen LogP contribution in [0.1, 0.15) is 31.8 Å². The molecule has 40 heavy (non-hydrogen) atoms. The van der Waals surface area contributed by atoms with E-state index in [2.05, 4.69) is 33.0 Å². The average molecular weight is 542 g/mol. The van der Waals surface area contributed by atoms with Crippen LogP contribution >= 0.6 is 0 Å². The molecule has 2 heterocycles. The van der Waals surface area contributed by atoms with Crippen molar-refractivity contribution >= 4 is 40.4 Å². The Kier molecular flexibility index (Phi) is 8.20. The van der Waals surface area contributed by atoms with Crippen LogP contribution in [0.5, 0.6) is 0 Å². The minimum Gasteiger partial charge on any atom is -0.478 e. The predicted molar refractivity (Wildman–Crippen MR) is 153 cm³/mol. The first-order chi connectivity index (χ1) is 19.4. The van der Waals surface area contributed by atoms with Gasteiger partial charge >= 0.3 is 5.97 Å². The zero-order valence-electron chi connectivity index (χ0n) is 22.1. The third-order valence-corrected chi connectivity index (χ3v) is 7.01. The molecule has 10 nitrogen and oxygen atoms in total. The zero-order chi connectivity index (χ0) is 28.1. The molecule has 3 aromatic carbocycles. The van der Waals surface area contributed by atoms with Gasteiger partial charge in [-0.05, 0) is 49.0 Å². The number of anilines is 2. The van der Waals surface area contributed by atoms with Crippen LogP contribution in [0.15, 0.2) is 72.8 Å². The second-order valence-electron chi connectivity index (χ2n) is 9.76. The maximum absolute atomic E-state index is 13.1. The summed E-state index contributed by atoms with van der Waals surface area (Å²) >= 11 is 0. The first-order valence-corrected chi connectivity index (χ1v) is 13.1. The maximum atomic E-state index is 13.1. The molecule has 0 atom stereocenters. The number of rotatable bonds is 9. The van der Waals surface area contributed by atoms with Gasteiger partial charge in [-0.2, -0.15) is 0 Å². The molecule has 0 saturated carbocycles. The molecule has 1 saturated heterocycles. The molecule has 2 amide bonds. The Morgan fingerprint density at radius 3 is 2.33 bits per heavy atom. The number of benzene rings is 3. The molecule has 0 aromatic heterocycles. The van der Waals surface area contributed by atoms with Crippen LogP contribution in [-0.2, 0) is 9.63 Å². The fraction of sp³-hybridized carbons (Fsp3) is 0.233. The first kappa shape index (κ1) is 27.1. The lowest BCUT2D eigenvalue weighted by atomic mass is 9.99. The lowest BCUT2D eigenvalue weighted by molar-refractivity contribution is -0.110. The molecule has 4 N–H and O–H groups in total. The first-order valence-electron chi connectivity index (χ1n) is 13.1. The van der Waals surface area contributed by atoms with E-state index in [-0.39, 0.29) is 17.4 Å². The zero-order valence-corrected chi connectivity index (χ0v) is 22.1. The van der Waals surface area contributed by atoms with Crippen LogP contribution in [-0.4, -0.2) is 79.1 Å². The third-order valence-electron chi connectivity index (χ3n) is 7.01. The van der Waals surface area contributed by atoms with Gasteiger partial charge in [0.25, 0.3) is 11.8 Å². The number of hydrogen-bond acceptors (Lipinski definition) is 7. The fourth-order valence-corrected chi connectivity index (χ4v) is 4.71. The minimum atomic E-state index is -1.07. The normalized spacial score (nSPS) is 16.7. The molecule has 0 bridgehead atoms. The molecular formula is C30H31N5O5. The molecule has 0 spiro atoms. The van der Waals surface area contributed by atoms with Crippen molar-refractivity contribution < 1.29 is 24.3 Å². The van der Waals surface area contributed by atoms with Crippen molar-refractivity contribution in [2.45, 2.75) is 0 Å². The second kappa shape index (κ2) is 12.1. The van der Waals surface area contributed by atoms with Crippen molar-refractivity contribution in [1.82, 2.24) is 15.3 Å². The van der Waals surface area contributed by atoms with E-state index in [0.717, 1.165) is 38.3 Å². The van der Waals surface area contributed by atoms with Gasteiger partial charge in [-0.25, -0.2) is 10.3 Å². The van der Waals surface area contributed by atoms with Crippen LogP contribution in [0, 0.1) is 0 Å². The van der Waals surface area contributed by atoms with E-state index in [1.54, 1.807) is 30.3 Å². The van der Waals surface area contributed by atoms with Crippen molar-refractivity contribution in [1.29, 1.82) is 0 Å². The number of aromatic carboxylic acids is 1. The highest BCUT2D eigenvalue weighted by Crippen LogP contribution is 2.38. The molecule has 206 valence electrons. The van der Waals surface area contributed by atoms with E-state index in [9.17, 15) is 19.5 Å². The van der Waals surface area contributed by atoms with Gasteiger partial charge in [-0.3, -0.25) is 19.3 Å². The van der Waals surface area contributed by atoms with E-state index < -0.39 is 5.97 Å². The molecule has 10 heteroatoms. The third kappa shape index (κ3) is 6.20. The van der Waals surface area contributed by atoms with E-state index in [4.69, 9.17) is 4.84 Å². The van der Waals surface area contributed by atoms with E-state index >= 15 is 0 Å². The standard InChI is InChI=1S/C30H31N5O5/c1-34-13-15-35(16-14-34)17-18-40-33-28(36)21-7-10-23(11-8-21)31-27(20-5-3-2-4-6-20)26-24-12-9-22(30(38)39)19-25(24)32-29(26)37/h2-12,19,31H,13-18H2,1H3,(H,32,37)(H,33,36)(H,38,39)/b27-26-. The highest BCUT2D eigenvalue weighted by atomic mass is 16.7. The summed E-state index contributed by atoms with van der Waals surface area (Å²) in [6, 6.07) is 20.8. The van der Waals surface area contributed by atoms with Gasteiger partial charge in [-0.1, -0.05) is 36.4 Å². The van der Waals surface area contributed by atoms with Crippen molar-refractivity contribution in [2.75, 3.05) is 57.0 Å². The number of carbonyl (C=O) groups is 3. The summed E-state index contributed by atoms with van der Waals surface area (Å²) in [5.74, 6) is -1.75. The van der Waals surface area contributed by atoms with Gasteiger partial charge in [0.1, 0.15) is 0 Å². The Bertz CT molecular complexity index is 1430. The summed E-state index contributed by atoms with van der Waals surface area (Å²) in [5, 5.41) is 15.4. The number of carboxylic acid groups (broad SMARTS) is 1. The van der Waals surface area contributed by atoms with E-state index in [0.29, 0.717) is 40.4 Å². The quantitative estimate of drug-likeness (QED) is 0.185. The van der Waals surface area contributed by atoms with Gasteiger partial charge in [0.2, 0.25) is 0 Å². The SMILES string of the molecule is CN1CCN(CCONC(=O)c2ccc(N/C(=C3\C(=O)Nc4cc(C(=O)O)ccc43)c3ccccc3)cc2)CC1. The largest absolute Gasteiger partial charge is 0.478 e. The molecule has 3 aromatic rings. The number of carbonyl (C=O) groups excluding carboxylic acids is 2. The molecule has 2 aliphatic rings. The summed E-state index contributed by atoms with van der Waals surface area (Å²) in [6.45, 7) is 5.18. The van der Waals surface area contributed by atoms with Crippen molar-refractivity contribution in [3.05, 3.63) is 95.1 Å². The van der Waals surface area contributed by atoms with Crippen molar-refractivity contribution in [3.8, 4) is 0 Å². The molecule has 2 aliphatic heterocycles. The summed E-state index contributed by atoms with van der Waals surface area (Å²) in [4.78, 5) is 47.1. The summed E-state index contributed by atoms with van der Waals surface area (Å²) in [7, 11) is 2.11. The Labute approximate surface area is 232 Å². The highest BCUT2D eigenvalue weighted by Gasteiger charge is 2.29. The summed E-state index contributed by atoms with van der Waals surface area (Å²) in [5.41, 5.74) is 6.48. The Balaban J connectivity index is 1.29. The number of piperazine rings is 1. The number of hydroxylamine groups is 1. The van der Waals surface area contributed by atoms with Gasteiger partial charge in [0.15, 0.2) is 0 Å². The molecule has 0 unspecified atom stereocenters. The number of nitrogens with zero attached hydrogens (tertiary/aromatic N) is 2. The number of amides is 2. The number of hydrogen-bond donors (Lipinski definition) is 4. The van der Waals surface area contributed by atoms with Crippen molar-refractivity contribution in [2.24, 2.45) is 0 Å². The molecule has 0 aliphatic carbocycles. The van der Waals surface area contributed by atoms with Crippen molar-refractivity contribution in [3.63, 3.8) is 0 Å².